The van der Waals surface area contributed by atoms with E-state index in [1.807, 2.05) is 11.8 Å². The number of nitro groups is 1. The second-order valence-corrected chi connectivity index (χ2v) is 4.60. The molecule has 8 nitrogen and oxygen atoms in total. The van der Waals surface area contributed by atoms with Crippen LogP contribution in [-0.4, -0.2) is 59.1 Å². The van der Waals surface area contributed by atoms with Gasteiger partial charge in [0.25, 0.3) is 0 Å². The lowest BCUT2D eigenvalue weighted by Gasteiger charge is -2.34. The van der Waals surface area contributed by atoms with Crippen LogP contribution >= 0.6 is 0 Å². The number of nitrogens with one attached hydrogen (secondary N) is 1. The zero-order valence-electron chi connectivity index (χ0n) is 11.9. The summed E-state index contributed by atoms with van der Waals surface area (Å²) in [4.78, 5) is 23.3. The molecule has 0 atom stereocenters. The Morgan fingerprint density at radius 1 is 1.30 bits per heavy atom. The molecule has 0 spiro atoms. The van der Waals surface area contributed by atoms with Gasteiger partial charge in [-0.25, -0.2) is 9.97 Å². The Bertz CT molecular complexity index is 473. The summed E-state index contributed by atoms with van der Waals surface area (Å²) in [5, 5.41) is 14.3. The van der Waals surface area contributed by atoms with Crippen molar-refractivity contribution in [1.82, 2.24) is 14.9 Å². The lowest BCUT2D eigenvalue weighted by molar-refractivity contribution is -0.383. The number of piperazine rings is 1. The van der Waals surface area contributed by atoms with Crippen molar-refractivity contribution >= 4 is 17.3 Å². The normalized spacial score (nSPS) is 16.2. The molecular formula is C12H20N6O2. The van der Waals surface area contributed by atoms with E-state index in [0.29, 0.717) is 18.2 Å². The maximum Gasteiger partial charge on any atom is 0.353 e. The topological polar surface area (TPSA) is 87.4 Å². The highest BCUT2D eigenvalue weighted by Crippen LogP contribution is 2.32. The van der Waals surface area contributed by atoms with Crippen LogP contribution in [0.25, 0.3) is 0 Å². The predicted molar refractivity (Wildman–Crippen MR) is 77.2 cm³/mol. The van der Waals surface area contributed by atoms with Crippen molar-refractivity contribution in [2.45, 2.75) is 13.8 Å². The van der Waals surface area contributed by atoms with Gasteiger partial charge in [-0.2, -0.15) is 0 Å². The fraction of sp³-hybridized carbons (Fsp3) is 0.667. The molecule has 1 aromatic heterocycles. The van der Waals surface area contributed by atoms with Gasteiger partial charge in [0, 0.05) is 32.7 Å². The lowest BCUT2D eigenvalue weighted by Crippen LogP contribution is -2.46. The quantitative estimate of drug-likeness (QED) is 0.634. The Morgan fingerprint density at radius 2 is 2.00 bits per heavy atom. The van der Waals surface area contributed by atoms with Gasteiger partial charge in [0.15, 0.2) is 0 Å². The second-order valence-electron chi connectivity index (χ2n) is 4.60. The van der Waals surface area contributed by atoms with Crippen molar-refractivity contribution in [2.75, 3.05) is 49.5 Å². The van der Waals surface area contributed by atoms with Crippen LogP contribution in [0.1, 0.15) is 13.8 Å². The molecule has 8 heteroatoms. The van der Waals surface area contributed by atoms with Gasteiger partial charge in [0.2, 0.25) is 11.6 Å². The molecule has 1 aliphatic rings. The first-order valence-corrected chi connectivity index (χ1v) is 6.87. The fourth-order valence-corrected chi connectivity index (χ4v) is 2.34. The van der Waals surface area contributed by atoms with E-state index in [-0.39, 0.29) is 5.69 Å². The predicted octanol–water partition coefficient (Wildman–Crippen LogP) is 0.959. The number of nitrogens with zero attached hydrogens (tertiary/aromatic N) is 5. The van der Waals surface area contributed by atoms with E-state index in [0.717, 1.165) is 32.7 Å². The Hall–Kier alpha value is -1.96. The van der Waals surface area contributed by atoms with Crippen LogP contribution in [0.3, 0.4) is 0 Å². The molecule has 0 bridgehead atoms. The SMILES string of the molecule is CCNc1ncnc(N2CCN(CC)CC2)c1[N+](=O)[O-]. The van der Waals surface area contributed by atoms with Gasteiger partial charge >= 0.3 is 5.69 Å². The minimum atomic E-state index is -0.403. The summed E-state index contributed by atoms with van der Waals surface area (Å²) in [5.74, 6) is 0.706. The van der Waals surface area contributed by atoms with Crippen molar-refractivity contribution in [2.24, 2.45) is 0 Å². The summed E-state index contributed by atoms with van der Waals surface area (Å²) in [6.07, 6.45) is 1.38. The number of hydrogen-bond acceptors (Lipinski definition) is 7. The average molecular weight is 280 g/mol. The van der Waals surface area contributed by atoms with Gasteiger partial charge in [0.05, 0.1) is 4.92 Å². The molecule has 110 valence electrons. The van der Waals surface area contributed by atoms with Gasteiger partial charge in [-0.3, -0.25) is 10.1 Å². The van der Waals surface area contributed by atoms with Crippen LogP contribution in [0.2, 0.25) is 0 Å². The number of hydrogen-bond donors (Lipinski definition) is 1. The van der Waals surface area contributed by atoms with Crippen molar-refractivity contribution in [3.8, 4) is 0 Å². The molecule has 0 aromatic carbocycles. The molecule has 2 heterocycles. The lowest BCUT2D eigenvalue weighted by atomic mass is 10.3. The summed E-state index contributed by atoms with van der Waals surface area (Å²) in [6.45, 7) is 8.87. The van der Waals surface area contributed by atoms with Crippen LogP contribution in [0.4, 0.5) is 17.3 Å². The molecule has 20 heavy (non-hydrogen) atoms. The number of likely N-dealkylation sites (N-methyl/N-ethyl adjacent to an activating group) is 1. The van der Waals surface area contributed by atoms with Crippen LogP contribution in [0.5, 0.6) is 0 Å². The Kier molecular flexibility index (Phi) is 4.67. The second kappa shape index (κ2) is 6.47. The van der Waals surface area contributed by atoms with Crippen LogP contribution in [0, 0.1) is 10.1 Å². The highest BCUT2D eigenvalue weighted by molar-refractivity contribution is 5.70. The summed E-state index contributed by atoms with van der Waals surface area (Å²) in [5.41, 5.74) is -0.0284. The van der Waals surface area contributed by atoms with E-state index in [1.54, 1.807) is 0 Å². The molecule has 1 fully saturated rings. The molecule has 0 aliphatic carbocycles. The third kappa shape index (κ3) is 2.96. The molecule has 0 unspecified atom stereocenters. The smallest absolute Gasteiger partial charge is 0.353 e. The monoisotopic (exact) mass is 280 g/mol. The first kappa shape index (κ1) is 14.4. The van der Waals surface area contributed by atoms with Crippen molar-refractivity contribution in [3.63, 3.8) is 0 Å². The largest absolute Gasteiger partial charge is 0.364 e. The standard InChI is InChI=1S/C12H20N6O2/c1-3-13-11-10(18(19)20)12(15-9-14-11)17-7-5-16(4-2)6-8-17/h9H,3-8H2,1-2H3,(H,13,14,15). The summed E-state index contributed by atoms with van der Waals surface area (Å²) >= 11 is 0. The third-order valence-corrected chi connectivity index (χ3v) is 3.45. The van der Waals surface area contributed by atoms with E-state index in [4.69, 9.17) is 0 Å². The van der Waals surface area contributed by atoms with Gasteiger partial charge in [-0.1, -0.05) is 6.92 Å². The highest BCUT2D eigenvalue weighted by Gasteiger charge is 2.28. The Labute approximate surface area is 118 Å². The molecule has 1 aliphatic heterocycles. The maximum atomic E-state index is 11.3. The Balaban J connectivity index is 2.27. The van der Waals surface area contributed by atoms with E-state index >= 15 is 0 Å². The molecule has 2 rings (SSSR count). The van der Waals surface area contributed by atoms with E-state index < -0.39 is 4.92 Å². The molecule has 0 radical (unpaired) electrons. The fourth-order valence-electron chi connectivity index (χ4n) is 2.34. The molecule has 0 saturated carbocycles. The molecule has 1 N–H and O–H groups in total. The number of aromatic nitrogens is 2. The van der Waals surface area contributed by atoms with Gasteiger partial charge in [-0.05, 0) is 13.5 Å². The molecule has 1 aromatic rings. The van der Waals surface area contributed by atoms with E-state index in [1.165, 1.54) is 6.33 Å². The van der Waals surface area contributed by atoms with Crippen LogP contribution < -0.4 is 10.2 Å². The van der Waals surface area contributed by atoms with Gasteiger partial charge < -0.3 is 15.1 Å². The third-order valence-electron chi connectivity index (χ3n) is 3.45. The van der Waals surface area contributed by atoms with Crippen molar-refractivity contribution in [3.05, 3.63) is 16.4 Å². The summed E-state index contributed by atoms with van der Waals surface area (Å²) in [7, 11) is 0. The zero-order chi connectivity index (χ0) is 14.5. The van der Waals surface area contributed by atoms with Crippen LogP contribution in [-0.2, 0) is 0 Å². The number of rotatable bonds is 5. The Morgan fingerprint density at radius 3 is 2.55 bits per heavy atom. The van der Waals surface area contributed by atoms with Crippen molar-refractivity contribution < 1.29 is 4.92 Å². The van der Waals surface area contributed by atoms with E-state index in [2.05, 4.69) is 27.1 Å². The van der Waals surface area contributed by atoms with E-state index in [9.17, 15) is 10.1 Å². The average Bonchev–Trinajstić information content (AvgIpc) is 2.47. The first-order valence-electron chi connectivity index (χ1n) is 6.87. The van der Waals surface area contributed by atoms with Crippen LogP contribution in [0.15, 0.2) is 6.33 Å². The minimum Gasteiger partial charge on any atom is -0.364 e. The number of anilines is 2. The molecular weight excluding hydrogens is 260 g/mol. The summed E-state index contributed by atoms with van der Waals surface area (Å²) < 4.78 is 0. The van der Waals surface area contributed by atoms with Gasteiger partial charge in [-0.15, -0.1) is 0 Å². The highest BCUT2D eigenvalue weighted by atomic mass is 16.6. The first-order chi connectivity index (χ1) is 9.67. The molecule has 0 amide bonds. The minimum absolute atomic E-state index is 0.0284. The summed E-state index contributed by atoms with van der Waals surface area (Å²) in [6, 6.07) is 0. The zero-order valence-corrected chi connectivity index (χ0v) is 11.9. The molecule has 1 saturated heterocycles. The van der Waals surface area contributed by atoms with Gasteiger partial charge in [0.1, 0.15) is 6.33 Å². The van der Waals surface area contributed by atoms with Crippen molar-refractivity contribution in [1.29, 1.82) is 0 Å². The maximum absolute atomic E-state index is 11.3.